The Balaban J connectivity index is 4.53. The summed E-state index contributed by atoms with van der Waals surface area (Å²) >= 11 is 0. The van der Waals surface area contributed by atoms with Crippen molar-refractivity contribution in [2.24, 2.45) is 11.3 Å². The van der Waals surface area contributed by atoms with Crippen LogP contribution in [0.5, 0.6) is 0 Å². The van der Waals surface area contributed by atoms with E-state index in [1.807, 2.05) is 13.8 Å². The Morgan fingerprint density at radius 2 is 1.45 bits per heavy atom. The smallest absolute Gasteiger partial charge is 0.106 e. The first-order valence-corrected chi connectivity index (χ1v) is 4.06. The lowest BCUT2D eigenvalue weighted by atomic mass is 9.69. The lowest BCUT2D eigenvalue weighted by Gasteiger charge is -2.41. The number of rotatable bonds is 3. The fourth-order valence-electron chi connectivity index (χ4n) is 0.803. The van der Waals surface area contributed by atoms with E-state index in [4.69, 9.17) is 0 Å². The molecule has 0 unspecified atom stereocenters. The molecule has 0 N–H and O–H groups in total. The third-order valence-corrected chi connectivity index (χ3v) is 3.20. The summed E-state index contributed by atoms with van der Waals surface area (Å²) in [6.45, 7) is 12.0. The average Bonchev–Trinajstić information content (AvgIpc) is 1.87. The van der Waals surface area contributed by atoms with Crippen molar-refractivity contribution in [1.29, 1.82) is 0 Å². The van der Waals surface area contributed by atoms with Gasteiger partial charge in [0.15, 0.2) is 0 Å². The Hall–Kier alpha value is -0.0800. The molecule has 0 spiro atoms. The van der Waals surface area contributed by atoms with Crippen molar-refractivity contribution < 1.29 is 10.1 Å². The second-order valence-electron chi connectivity index (χ2n) is 4.47. The molecule has 0 aromatic rings. The highest BCUT2D eigenvalue weighted by Crippen LogP contribution is 2.39. The Bertz CT molecular complexity index is 126. The van der Waals surface area contributed by atoms with E-state index < -0.39 is 5.60 Å². The highest BCUT2D eigenvalue weighted by Gasteiger charge is 2.41. The van der Waals surface area contributed by atoms with Crippen molar-refractivity contribution in [3.05, 3.63) is 0 Å². The molecule has 0 bridgehead atoms. The maximum atomic E-state index is 10.4. The van der Waals surface area contributed by atoms with E-state index >= 15 is 0 Å². The first-order chi connectivity index (χ1) is 4.75. The minimum Gasteiger partial charge on any atom is -0.197 e. The normalized spacial score (nSPS) is 14.2. The summed E-state index contributed by atoms with van der Waals surface area (Å²) in [5.41, 5.74) is -0.685. The molecule has 0 aliphatic rings. The topological polar surface area (TPSA) is 29.1 Å². The van der Waals surface area contributed by atoms with Gasteiger partial charge in [-0.1, -0.05) is 27.7 Å². The van der Waals surface area contributed by atoms with Crippen molar-refractivity contribution in [1.82, 2.24) is 0 Å². The molecule has 2 heteroatoms. The molecule has 0 aromatic heterocycles. The second-order valence-corrected chi connectivity index (χ2v) is 4.47. The van der Waals surface area contributed by atoms with Crippen LogP contribution in [0.25, 0.3) is 0 Å². The first-order valence-electron chi connectivity index (χ1n) is 4.06. The SMILES string of the molecule is CC(C)C(C)(C)C(C)(C)O[O]. The summed E-state index contributed by atoms with van der Waals surface area (Å²) in [6, 6.07) is 0. The molecule has 0 rings (SSSR count). The molecule has 0 fully saturated rings. The molecular formula is C9H19O2. The third-order valence-electron chi connectivity index (χ3n) is 3.20. The maximum Gasteiger partial charge on any atom is 0.106 e. The van der Waals surface area contributed by atoms with E-state index in [2.05, 4.69) is 32.6 Å². The summed E-state index contributed by atoms with van der Waals surface area (Å²) < 4.78 is 0. The van der Waals surface area contributed by atoms with Gasteiger partial charge in [0.25, 0.3) is 0 Å². The maximum absolute atomic E-state index is 10.4. The fourth-order valence-corrected chi connectivity index (χ4v) is 0.803. The third kappa shape index (κ3) is 1.94. The van der Waals surface area contributed by atoms with E-state index in [0.29, 0.717) is 5.92 Å². The number of hydrogen-bond acceptors (Lipinski definition) is 1. The minimum atomic E-state index is -0.596. The van der Waals surface area contributed by atoms with Crippen molar-refractivity contribution in [3.63, 3.8) is 0 Å². The summed E-state index contributed by atoms with van der Waals surface area (Å²) in [7, 11) is 0. The largest absolute Gasteiger partial charge is 0.197 e. The molecule has 0 aliphatic carbocycles. The van der Waals surface area contributed by atoms with Gasteiger partial charge in [0.2, 0.25) is 0 Å². The van der Waals surface area contributed by atoms with Gasteiger partial charge in [0.1, 0.15) is 5.60 Å². The van der Waals surface area contributed by atoms with E-state index in [9.17, 15) is 5.26 Å². The Labute approximate surface area is 69.5 Å². The molecule has 0 amide bonds. The summed E-state index contributed by atoms with van der Waals surface area (Å²) in [6.07, 6.45) is 0. The van der Waals surface area contributed by atoms with Gasteiger partial charge in [0, 0.05) is 0 Å². The molecule has 0 saturated heterocycles. The van der Waals surface area contributed by atoms with E-state index in [0.717, 1.165) is 0 Å². The molecule has 0 heterocycles. The lowest BCUT2D eigenvalue weighted by Crippen LogP contribution is -2.44. The first kappa shape index (κ1) is 10.9. The highest BCUT2D eigenvalue weighted by molar-refractivity contribution is 4.88. The summed E-state index contributed by atoms with van der Waals surface area (Å²) in [5.74, 6) is 0.437. The van der Waals surface area contributed by atoms with Gasteiger partial charge in [-0.15, -0.1) is 0 Å². The van der Waals surface area contributed by atoms with Crippen LogP contribution in [0.3, 0.4) is 0 Å². The number of hydrogen-bond donors (Lipinski definition) is 0. The van der Waals surface area contributed by atoms with E-state index in [-0.39, 0.29) is 5.41 Å². The van der Waals surface area contributed by atoms with Crippen LogP contribution in [0, 0.1) is 11.3 Å². The average molecular weight is 159 g/mol. The van der Waals surface area contributed by atoms with Crippen molar-refractivity contribution in [3.8, 4) is 0 Å². The van der Waals surface area contributed by atoms with Crippen LogP contribution in [0.2, 0.25) is 0 Å². The molecular weight excluding hydrogens is 140 g/mol. The molecule has 0 aliphatic heterocycles. The van der Waals surface area contributed by atoms with Gasteiger partial charge in [-0.05, 0) is 30.4 Å². The van der Waals surface area contributed by atoms with Crippen LogP contribution in [-0.2, 0) is 10.1 Å². The van der Waals surface area contributed by atoms with E-state index in [1.54, 1.807) is 0 Å². The molecule has 2 nitrogen and oxygen atoms in total. The molecule has 11 heavy (non-hydrogen) atoms. The van der Waals surface area contributed by atoms with Gasteiger partial charge < -0.3 is 0 Å². The Morgan fingerprint density at radius 3 is 1.55 bits per heavy atom. The van der Waals surface area contributed by atoms with Crippen molar-refractivity contribution >= 4 is 0 Å². The predicted octanol–water partition coefficient (Wildman–Crippen LogP) is 2.81. The quantitative estimate of drug-likeness (QED) is 0.460. The molecule has 0 atom stereocenters. The summed E-state index contributed by atoms with van der Waals surface area (Å²) in [5, 5.41) is 10.4. The zero-order valence-corrected chi connectivity index (χ0v) is 8.39. The highest BCUT2D eigenvalue weighted by atomic mass is 17.1. The van der Waals surface area contributed by atoms with Crippen LogP contribution in [0.4, 0.5) is 0 Å². The van der Waals surface area contributed by atoms with Gasteiger partial charge in [-0.25, -0.2) is 0 Å². The van der Waals surface area contributed by atoms with Crippen LogP contribution in [0.1, 0.15) is 41.5 Å². The zero-order valence-electron chi connectivity index (χ0n) is 8.39. The lowest BCUT2D eigenvalue weighted by molar-refractivity contribution is -0.390. The Morgan fingerprint density at radius 1 is 1.09 bits per heavy atom. The zero-order chi connectivity index (χ0) is 9.28. The molecule has 67 valence electrons. The second kappa shape index (κ2) is 3.11. The van der Waals surface area contributed by atoms with Gasteiger partial charge in [-0.3, -0.25) is 0 Å². The van der Waals surface area contributed by atoms with E-state index in [1.165, 1.54) is 0 Å². The molecule has 1 radical (unpaired) electrons. The standard InChI is InChI=1S/C9H19O2/c1-7(2)8(3,4)9(5,6)11-10/h7H,1-6H3. The van der Waals surface area contributed by atoms with Gasteiger partial charge >= 0.3 is 0 Å². The molecule has 0 aromatic carbocycles. The van der Waals surface area contributed by atoms with Gasteiger partial charge in [0.05, 0.1) is 0 Å². The van der Waals surface area contributed by atoms with Crippen LogP contribution in [0.15, 0.2) is 0 Å². The summed E-state index contributed by atoms with van der Waals surface area (Å²) in [4.78, 5) is 4.21. The fraction of sp³-hybridized carbons (Fsp3) is 1.00. The van der Waals surface area contributed by atoms with Gasteiger partial charge in [-0.2, -0.15) is 4.89 Å². The van der Waals surface area contributed by atoms with Crippen molar-refractivity contribution in [2.45, 2.75) is 47.1 Å². The predicted molar refractivity (Wildman–Crippen MR) is 44.5 cm³/mol. The minimum absolute atomic E-state index is 0.0885. The van der Waals surface area contributed by atoms with Crippen LogP contribution in [-0.4, -0.2) is 5.60 Å². The molecule has 0 saturated carbocycles. The van der Waals surface area contributed by atoms with Crippen molar-refractivity contribution in [2.75, 3.05) is 0 Å². The van der Waals surface area contributed by atoms with Crippen LogP contribution >= 0.6 is 0 Å². The van der Waals surface area contributed by atoms with Crippen LogP contribution < -0.4 is 0 Å². The Kier molecular flexibility index (Phi) is 3.09. The monoisotopic (exact) mass is 159 g/mol.